The van der Waals surface area contributed by atoms with E-state index in [1.165, 1.54) is 64.2 Å². The van der Waals surface area contributed by atoms with E-state index in [1.54, 1.807) is 21.1 Å². The molecule has 0 fully saturated rings. The van der Waals surface area contributed by atoms with Crippen LogP contribution in [0.5, 0.6) is 0 Å². The lowest BCUT2D eigenvalue weighted by molar-refractivity contribution is -0.889. The standard InChI is InChI=1S/C36H67NO7/c1-6-8-10-12-14-16-17-18-19-21-22-24-26-34(38)43-31-32(30-42-29-28-33(36(40)41)37(3,4)5)44-35(39)27-25-23-20-15-13-11-9-7-2/h14,16,32-33H,6-13,15,17-31H2,1-5H3/b16-14+. The highest BCUT2D eigenvalue weighted by Crippen LogP contribution is 2.13. The second-order valence-electron chi connectivity index (χ2n) is 13.1. The number of aliphatic carboxylic acids is 1. The van der Waals surface area contributed by atoms with Gasteiger partial charge in [0.25, 0.3) is 0 Å². The van der Waals surface area contributed by atoms with Crippen LogP contribution in [-0.2, 0) is 28.6 Å². The zero-order valence-electron chi connectivity index (χ0n) is 29.1. The Morgan fingerprint density at radius 2 is 1.14 bits per heavy atom. The summed E-state index contributed by atoms with van der Waals surface area (Å²) < 4.78 is 17.0. The fourth-order valence-electron chi connectivity index (χ4n) is 5.06. The van der Waals surface area contributed by atoms with Crippen LogP contribution in [0.2, 0.25) is 0 Å². The molecular formula is C36H67NO7. The average molecular weight is 626 g/mol. The molecule has 0 aromatic heterocycles. The van der Waals surface area contributed by atoms with Crippen LogP contribution in [-0.4, -0.2) is 75.5 Å². The van der Waals surface area contributed by atoms with Crippen LogP contribution in [0.25, 0.3) is 0 Å². The van der Waals surface area contributed by atoms with E-state index in [-0.39, 0.29) is 42.7 Å². The molecule has 0 saturated carbocycles. The molecule has 0 N–H and O–H groups in total. The van der Waals surface area contributed by atoms with Gasteiger partial charge in [-0.1, -0.05) is 103 Å². The highest BCUT2D eigenvalue weighted by molar-refractivity contribution is 5.70. The number of ether oxygens (including phenoxy) is 3. The van der Waals surface area contributed by atoms with Gasteiger partial charge in [0.1, 0.15) is 12.6 Å². The average Bonchev–Trinajstić information content (AvgIpc) is 2.96. The van der Waals surface area contributed by atoms with Crippen LogP contribution >= 0.6 is 0 Å². The lowest BCUT2D eigenvalue weighted by Crippen LogP contribution is -2.55. The zero-order valence-corrected chi connectivity index (χ0v) is 29.1. The molecule has 0 amide bonds. The summed E-state index contributed by atoms with van der Waals surface area (Å²) in [5.41, 5.74) is 0. The number of allylic oxidation sites excluding steroid dienone is 2. The van der Waals surface area contributed by atoms with Crippen molar-refractivity contribution in [1.82, 2.24) is 0 Å². The second-order valence-corrected chi connectivity index (χ2v) is 13.1. The summed E-state index contributed by atoms with van der Waals surface area (Å²) in [6, 6.07) is -0.720. The number of quaternary nitrogens is 1. The van der Waals surface area contributed by atoms with Gasteiger partial charge in [-0.3, -0.25) is 9.59 Å². The van der Waals surface area contributed by atoms with Crippen LogP contribution in [0.3, 0.4) is 0 Å². The predicted octanol–water partition coefficient (Wildman–Crippen LogP) is 7.07. The van der Waals surface area contributed by atoms with Gasteiger partial charge in [-0.05, 0) is 38.5 Å². The van der Waals surface area contributed by atoms with Gasteiger partial charge in [0.2, 0.25) is 0 Å². The first-order valence-electron chi connectivity index (χ1n) is 17.7. The van der Waals surface area contributed by atoms with Gasteiger partial charge in [-0.25, -0.2) is 0 Å². The molecule has 0 saturated heterocycles. The highest BCUT2D eigenvalue weighted by atomic mass is 16.6. The number of rotatable bonds is 31. The Kier molecular flexibility index (Phi) is 27.3. The van der Waals surface area contributed by atoms with Gasteiger partial charge < -0.3 is 28.6 Å². The van der Waals surface area contributed by atoms with Crippen LogP contribution < -0.4 is 5.11 Å². The van der Waals surface area contributed by atoms with Gasteiger partial charge >= 0.3 is 11.9 Å². The molecule has 8 nitrogen and oxygen atoms in total. The molecule has 2 atom stereocenters. The minimum absolute atomic E-state index is 0.0421. The third-order valence-electron chi connectivity index (χ3n) is 7.90. The monoisotopic (exact) mass is 625 g/mol. The lowest BCUT2D eigenvalue weighted by atomic mass is 10.1. The first kappa shape index (κ1) is 42.1. The second kappa shape index (κ2) is 28.5. The fraction of sp³-hybridized carbons (Fsp3) is 0.861. The molecule has 0 radical (unpaired) electrons. The van der Waals surface area contributed by atoms with E-state index in [2.05, 4.69) is 26.0 Å². The molecule has 0 aliphatic carbocycles. The molecule has 44 heavy (non-hydrogen) atoms. The van der Waals surface area contributed by atoms with Crippen molar-refractivity contribution < 1.29 is 38.2 Å². The van der Waals surface area contributed by atoms with Gasteiger partial charge in [-0.15, -0.1) is 0 Å². The summed E-state index contributed by atoms with van der Waals surface area (Å²) in [7, 11) is 5.39. The molecule has 0 heterocycles. The van der Waals surface area contributed by atoms with Crippen molar-refractivity contribution in [3.05, 3.63) is 12.2 Å². The summed E-state index contributed by atoms with van der Waals surface area (Å²) in [5.74, 6) is -1.75. The Morgan fingerprint density at radius 3 is 1.68 bits per heavy atom. The van der Waals surface area contributed by atoms with Crippen molar-refractivity contribution in [2.75, 3.05) is 41.0 Å². The number of carboxylic acid groups (broad SMARTS) is 1. The Hall–Kier alpha value is -1.93. The molecule has 8 heteroatoms. The number of carbonyl (C=O) groups excluding carboxylic acids is 3. The Labute approximate surface area is 269 Å². The predicted molar refractivity (Wildman–Crippen MR) is 176 cm³/mol. The Morgan fingerprint density at radius 1 is 0.659 bits per heavy atom. The van der Waals surface area contributed by atoms with Crippen molar-refractivity contribution in [1.29, 1.82) is 0 Å². The molecule has 0 aliphatic rings. The number of unbranched alkanes of at least 4 members (excludes halogenated alkanes) is 15. The maximum Gasteiger partial charge on any atom is 0.306 e. The van der Waals surface area contributed by atoms with Crippen LogP contribution in [0.4, 0.5) is 0 Å². The van der Waals surface area contributed by atoms with Crippen molar-refractivity contribution >= 4 is 17.9 Å². The van der Waals surface area contributed by atoms with Crippen molar-refractivity contribution in [2.45, 2.75) is 161 Å². The van der Waals surface area contributed by atoms with Gasteiger partial charge in [0, 0.05) is 19.3 Å². The molecule has 0 aromatic rings. The minimum atomic E-state index is -1.13. The third kappa shape index (κ3) is 26.5. The maximum absolute atomic E-state index is 12.5. The fourth-order valence-corrected chi connectivity index (χ4v) is 5.06. The summed E-state index contributed by atoms with van der Waals surface area (Å²) in [6.07, 6.45) is 25.2. The summed E-state index contributed by atoms with van der Waals surface area (Å²) in [6.45, 7) is 4.58. The normalized spacial score (nSPS) is 13.2. The summed E-state index contributed by atoms with van der Waals surface area (Å²) in [4.78, 5) is 36.4. The van der Waals surface area contributed by atoms with Crippen molar-refractivity contribution in [3.63, 3.8) is 0 Å². The van der Waals surface area contributed by atoms with Gasteiger partial charge in [0.15, 0.2) is 6.10 Å². The molecule has 0 bridgehead atoms. The number of hydrogen-bond acceptors (Lipinski definition) is 7. The summed E-state index contributed by atoms with van der Waals surface area (Å²) in [5, 5.41) is 11.5. The zero-order chi connectivity index (χ0) is 32.9. The van der Waals surface area contributed by atoms with E-state index >= 15 is 0 Å². The van der Waals surface area contributed by atoms with Crippen molar-refractivity contribution in [3.8, 4) is 0 Å². The number of carboxylic acids is 1. The van der Waals surface area contributed by atoms with Crippen LogP contribution in [0, 0.1) is 0 Å². The van der Waals surface area contributed by atoms with Crippen molar-refractivity contribution in [2.24, 2.45) is 0 Å². The lowest BCUT2D eigenvalue weighted by Gasteiger charge is -2.34. The topological polar surface area (TPSA) is 102 Å². The first-order chi connectivity index (χ1) is 21.1. The van der Waals surface area contributed by atoms with E-state index in [9.17, 15) is 19.5 Å². The van der Waals surface area contributed by atoms with E-state index in [0.717, 1.165) is 51.4 Å². The van der Waals surface area contributed by atoms with E-state index in [1.807, 2.05) is 0 Å². The summed E-state index contributed by atoms with van der Waals surface area (Å²) >= 11 is 0. The van der Waals surface area contributed by atoms with E-state index in [4.69, 9.17) is 14.2 Å². The molecule has 0 rings (SSSR count). The third-order valence-corrected chi connectivity index (χ3v) is 7.90. The number of carbonyl (C=O) groups is 3. The number of nitrogens with zero attached hydrogens (tertiary/aromatic N) is 1. The molecule has 0 aromatic carbocycles. The number of likely N-dealkylation sites (N-methyl/N-ethyl adjacent to an activating group) is 1. The number of hydrogen-bond donors (Lipinski definition) is 0. The first-order valence-corrected chi connectivity index (χ1v) is 17.7. The minimum Gasteiger partial charge on any atom is -0.544 e. The number of esters is 2. The van der Waals surface area contributed by atoms with E-state index in [0.29, 0.717) is 12.8 Å². The SMILES string of the molecule is CCCCC/C=C/CCCCCCCC(=O)OCC(COCCC(C(=O)[O-])[N+](C)(C)C)OC(=O)CCCCCCCCCC. The largest absolute Gasteiger partial charge is 0.544 e. The van der Waals surface area contributed by atoms with Gasteiger partial charge in [0.05, 0.1) is 40.3 Å². The molecule has 0 aliphatic heterocycles. The maximum atomic E-state index is 12.5. The smallest absolute Gasteiger partial charge is 0.306 e. The molecular weight excluding hydrogens is 558 g/mol. The molecule has 258 valence electrons. The van der Waals surface area contributed by atoms with E-state index < -0.39 is 18.1 Å². The van der Waals surface area contributed by atoms with Crippen LogP contribution in [0.15, 0.2) is 12.2 Å². The van der Waals surface area contributed by atoms with Crippen LogP contribution in [0.1, 0.15) is 149 Å². The highest BCUT2D eigenvalue weighted by Gasteiger charge is 2.25. The Balaban J connectivity index is 4.44. The molecule has 2 unspecified atom stereocenters. The quantitative estimate of drug-likeness (QED) is 0.0351. The van der Waals surface area contributed by atoms with Gasteiger partial charge in [-0.2, -0.15) is 0 Å². The Bertz CT molecular complexity index is 747. The molecule has 0 spiro atoms.